The van der Waals surface area contributed by atoms with Gasteiger partial charge >= 0.3 is 5.97 Å². The average Bonchev–Trinajstić information content (AvgIpc) is 2.47. The number of Topliss-reactive ketones (excluding diaryl/α,β-unsaturated/α-hetero) is 2. The molecule has 6 heteroatoms. The number of esters is 1. The molecule has 0 aliphatic carbocycles. The van der Waals surface area contributed by atoms with Crippen molar-refractivity contribution in [3.05, 3.63) is 0 Å². The first-order chi connectivity index (χ1) is 11.5. The van der Waals surface area contributed by atoms with Crippen LogP contribution in [0.4, 0.5) is 0 Å². The summed E-state index contributed by atoms with van der Waals surface area (Å²) >= 11 is 0. The number of piperidine rings is 1. The Morgan fingerprint density at radius 3 is 2.44 bits per heavy atom. The predicted molar refractivity (Wildman–Crippen MR) is 93.7 cm³/mol. The minimum atomic E-state index is -0.619. The number of amides is 1. The molecule has 2 atom stereocenters. The van der Waals surface area contributed by atoms with Crippen LogP contribution in [0, 0.1) is 23.2 Å². The second kappa shape index (κ2) is 9.11. The third-order valence-electron chi connectivity index (χ3n) is 4.54. The Balaban J connectivity index is 2.57. The van der Waals surface area contributed by atoms with Gasteiger partial charge < -0.3 is 10.1 Å². The Morgan fingerprint density at radius 1 is 1.24 bits per heavy atom. The van der Waals surface area contributed by atoms with Crippen LogP contribution in [-0.2, 0) is 23.9 Å². The van der Waals surface area contributed by atoms with Gasteiger partial charge in [-0.25, -0.2) is 0 Å². The fourth-order valence-electron chi connectivity index (χ4n) is 2.78. The van der Waals surface area contributed by atoms with Gasteiger partial charge in [0.1, 0.15) is 5.78 Å². The summed E-state index contributed by atoms with van der Waals surface area (Å²) in [7, 11) is 0. The summed E-state index contributed by atoms with van der Waals surface area (Å²) in [6, 6.07) is 0. The van der Waals surface area contributed by atoms with Crippen molar-refractivity contribution in [2.75, 3.05) is 13.2 Å². The number of nitrogens with one attached hydrogen (secondary N) is 1. The molecule has 1 aliphatic rings. The van der Waals surface area contributed by atoms with Gasteiger partial charge in [-0.15, -0.1) is 0 Å². The molecule has 142 valence electrons. The standard InChI is InChI=1S/C19H31NO5/c1-12(2)14(11-16(22)25-9-7-19(3,4)5)15(21)10-13-6-8-20-18(24)17(13)23/h12-14H,6-11H2,1-5H3,(H,20,24). The Bertz CT molecular complexity index is 518. The SMILES string of the molecule is CC(C)C(CC(=O)OCCC(C)(C)C)C(=O)CC1CCNC(=O)C1=O. The van der Waals surface area contributed by atoms with E-state index < -0.39 is 23.5 Å². The number of ether oxygens (including phenoxy) is 1. The fourth-order valence-corrected chi connectivity index (χ4v) is 2.78. The van der Waals surface area contributed by atoms with Crippen LogP contribution in [0.25, 0.3) is 0 Å². The van der Waals surface area contributed by atoms with Gasteiger partial charge in [-0.3, -0.25) is 19.2 Å². The summed E-state index contributed by atoms with van der Waals surface area (Å²) in [6.45, 7) is 10.7. The molecule has 1 fully saturated rings. The van der Waals surface area contributed by atoms with Gasteiger partial charge in [0.15, 0.2) is 0 Å². The summed E-state index contributed by atoms with van der Waals surface area (Å²) < 4.78 is 5.25. The molecule has 0 bridgehead atoms. The lowest BCUT2D eigenvalue weighted by atomic mass is 9.81. The van der Waals surface area contributed by atoms with Crippen LogP contribution in [0.15, 0.2) is 0 Å². The van der Waals surface area contributed by atoms with Crippen LogP contribution in [0.2, 0.25) is 0 Å². The minimum absolute atomic E-state index is 0.0182. The Hall–Kier alpha value is -1.72. The van der Waals surface area contributed by atoms with Gasteiger partial charge in [-0.2, -0.15) is 0 Å². The highest BCUT2D eigenvalue weighted by Gasteiger charge is 2.34. The molecule has 0 radical (unpaired) electrons. The summed E-state index contributed by atoms with van der Waals surface area (Å²) in [5.74, 6) is -2.77. The quantitative estimate of drug-likeness (QED) is 0.534. The summed E-state index contributed by atoms with van der Waals surface area (Å²) in [5, 5.41) is 2.48. The van der Waals surface area contributed by atoms with Crippen LogP contribution in [0.3, 0.4) is 0 Å². The molecule has 1 rings (SSSR count). The molecule has 2 unspecified atom stereocenters. The predicted octanol–water partition coefficient (Wildman–Crippen LogP) is 2.29. The van der Waals surface area contributed by atoms with Crippen LogP contribution in [-0.4, -0.2) is 36.6 Å². The maximum Gasteiger partial charge on any atom is 0.306 e. The van der Waals surface area contributed by atoms with Crippen molar-refractivity contribution < 1.29 is 23.9 Å². The van der Waals surface area contributed by atoms with Gasteiger partial charge in [0, 0.05) is 24.8 Å². The van der Waals surface area contributed by atoms with E-state index in [1.54, 1.807) is 0 Å². The van der Waals surface area contributed by atoms with Gasteiger partial charge in [0.05, 0.1) is 13.0 Å². The molecule has 25 heavy (non-hydrogen) atoms. The second-order valence-corrected chi connectivity index (χ2v) is 8.36. The summed E-state index contributed by atoms with van der Waals surface area (Å²) in [4.78, 5) is 47.9. The molecular weight excluding hydrogens is 322 g/mol. The minimum Gasteiger partial charge on any atom is -0.466 e. The zero-order valence-corrected chi connectivity index (χ0v) is 16.0. The van der Waals surface area contributed by atoms with E-state index in [2.05, 4.69) is 26.1 Å². The van der Waals surface area contributed by atoms with Crippen molar-refractivity contribution >= 4 is 23.4 Å². The number of rotatable bonds is 8. The maximum absolute atomic E-state index is 12.6. The lowest BCUT2D eigenvalue weighted by Gasteiger charge is -2.24. The van der Waals surface area contributed by atoms with E-state index in [0.29, 0.717) is 19.6 Å². The molecule has 6 nitrogen and oxygen atoms in total. The lowest BCUT2D eigenvalue weighted by molar-refractivity contribution is -0.148. The Morgan fingerprint density at radius 2 is 1.88 bits per heavy atom. The molecule has 1 heterocycles. The number of ketones is 2. The van der Waals surface area contributed by atoms with Crippen molar-refractivity contribution in [1.82, 2.24) is 5.32 Å². The third-order valence-corrected chi connectivity index (χ3v) is 4.54. The Kier molecular flexibility index (Phi) is 7.77. The zero-order chi connectivity index (χ0) is 19.2. The first kappa shape index (κ1) is 21.3. The number of carbonyl (C=O) groups is 4. The van der Waals surface area contributed by atoms with Crippen LogP contribution in [0.5, 0.6) is 0 Å². The molecule has 1 amide bonds. The monoisotopic (exact) mass is 353 g/mol. The lowest BCUT2D eigenvalue weighted by Crippen LogP contribution is -2.43. The average molecular weight is 353 g/mol. The van der Waals surface area contributed by atoms with Gasteiger partial charge in [-0.05, 0) is 24.2 Å². The van der Waals surface area contributed by atoms with E-state index in [1.165, 1.54) is 0 Å². The van der Waals surface area contributed by atoms with Crippen molar-refractivity contribution in [2.24, 2.45) is 23.2 Å². The number of hydrogen-bond donors (Lipinski definition) is 1. The van der Waals surface area contributed by atoms with Crippen molar-refractivity contribution in [3.8, 4) is 0 Å². The highest BCUT2D eigenvalue weighted by atomic mass is 16.5. The highest BCUT2D eigenvalue weighted by molar-refractivity contribution is 6.37. The number of carbonyl (C=O) groups excluding carboxylic acids is 4. The largest absolute Gasteiger partial charge is 0.466 e. The first-order valence-electron chi connectivity index (χ1n) is 9.01. The number of hydrogen-bond acceptors (Lipinski definition) is 5. The van der Waals surface area contributed by atoms with Gasteiger partial charge in [0.25, 0.3) is 5.91 Å². The topological polar surface area (TPSA) is 89.5 Å². The maximum atomic E-state index is 12.6. The van der Waals surface area contributed by atoms with E-state index in [4.69, 9.17) is 4.74 Å². The van der Waals surface area contributed by atoms with E-state index >= 15 is 0 Å². The van der Waals surface area contributed by atoms with Gasteiger partial charge in [0.2, 0.25) is 5.78 Å². The smallest absolute Gasteiger partial charge is 0.306 e. The van der Waals surface area contributed by atoms with Crippen LogP contribution >= 0.6 is 0 Å². The fraction of sp³-hybridized carbons (Fsp3) is 0.789. The molecule has 1 N–H and O–H groups in total. The summed E-state index contributed by atoms with van der Waals surface area (Å²) in [6.07, 6.45) is 1.26. The highest BCUT2D eigenvalue weighted by Crippen LogP contribution is 2.24. The molecular formula is C19H31NO5. The van der Waals surface area contributed by atoms with Crippen LogP contribution in [0.1, 0.15) is 60.3 Å². The zero-order valence-electron chi connectivity index (χ0n) is 16.0. The normalized spacial score (nSPS) is 19.5. The van der Waals surface area contributed by atoms with Crippen LogP contribution < -0.4 is 5.32 Å². The van der Waals surface area contributed by atoms with E-state index in [1.807, 2.05) is 13.8 Å². The summed E-state index contributed by atoms with van der Waals surface area (Å²) in [5.41, 5.74) is 0.0788. The Labute approximate surface area is 150 Å². The molecule has 1 aliphatic heterocycles. The van der Waals surface area contributed by atoms with Crippen molar-refractivity contribution in [2.45, 2.75) is 60.3 Å². The van der Waals surface area contributed by atoms with E-state index in [9.17, 15) is 19.2 Å². The second-order valence-electron chi connectivity index (χ2n) is 8.36. The van der Waals surface area contributed by atoms with E-state index in [-0.39, 0.29) is 35.9 Å². The first-order valence-corrected chi connectivity index (χ1v) is 9.01. The molecule has 0 spiro atoms. The molecule has 1 saturated heterocycles. The van der Waals surface area contributed by atoms with Crippen molar-refractivity contribution in [3.63, 3.8) is 0 Å². The molecule has 0 saturated carbocycles. The molecule has 0 aromatic rings. The van der Waals surface area contributed by atoms with E-state index in [0.717, 1.165) is 6.42 Å². The van der Waals surface area contributed by atoms with Crippen molar-refractivity contribution in [1.29, 1.82) is 0 Å². The third kappa shape index (κ3) is 7.36. The molecule has 0 aromatic carbocycles. The molecule has 0 aromatic heterocycles. The van der Waals surface area contributed by atoms with Gasteiger partial charge in [-0.1, -0.05) is 34.6 Å².